The third-order valence-corrected chi connectivity index (χ3v) is 7.03. The number of rotatable bonds is 2. The summed E-state index contributed by atoms with van der Waals surface area (Å²) in [6.45, 7) is 5.07. The van der Waals surface area contributed by atoms with Gasteiger partial charge in [0.15, 0.2) is 0 Å². The van der Waals surface area contributed by atoms with Gasteiger partial charge in [-0.25, -0.2) is 0 Å². The number of amides is 3. The van der Waals surface area contributed by atoms with Crippen LogP contribution in [0.4, 0.5) is 0 Å². The van der Waals surface area contributed by atoms with E-state index in [9.17, 15) is 14.4 Å². The first kappa shape index (κ1) is 18.4. The number of ether oxygens (including phenoxy) is 1. The maximum Gasteiger partial charge on any atom is 0.264 e. The molecule has 3 aliphatic rings. The first-order valence-corrected chi connectivity index (χ1v) is 10.4. The molecular formula is C19H25N3O4S. The second kappa shape index (κ2) is 7.24. The predicted molar refractivity (Wildman–Crippen MR) is 101 cm³/mol. The van der Waals surface area contributed by atoms with Crippen molar-refractivity contribution in [2.75, 3.05) is 39.4 Å². The highest BCUT2D eigenvalue weighted by molar-refractivity contribution is 7.12. The number of likely N-dealkylation sites (tertiary alicyclic amines) is 1. The summed E-state index contributed by atoms with van der Waals surface area (Å²) in [6, 6.07) is 1.74. The molecule has 3 aliphatic heterocycles. The molecule has 3 fully saturated rings. The van der Waals surface area contributed by atoms with Crippen molar-refractivity contribution in [1.82, 2.24) is 15.1 Å². The van der Waals surface area contributed by atoms with Crippen LogP contribution in [-0.2, 0) is 14.3 Å². The van der Waals surface area contributed by atoms with Crippen molar-refractivity contribution in [1.29, 1.82) is 0 Å². The van der Waals surface area contributed by atoms with Gasteiger partial charge in [0.1, 0.15) is 0 Å². The highest BCUT2D eigenvalue weighted by atomic mass is 32.1. The maximum absolute atomic E-state index is 13.5. The molecule has 0 aliphatic carbocycles. The van der Waals surface area contributed by atoms with Gasteiger partial charge in [0.2, 0.25) is 11.8 Å². The predicted octanol–water partition coefficient (Wildman–Crippen LogP) is 1.03. The van der Waals surface area contributed by atoms with Crippen LogP contribution in [0.15, 0.2) is 11.4 Å². The Kier molecular flexibility index (Phi) is 4.94. The average Bonchev–Trinajstić information content (AvgIpc) is 3.13. The molecule has 0 unspecified atom stereocenters. The van der Waals surface area contributed by atoms with Gasteiger partial charge < -0.3 is 19.9 Å². The van der Waals surface area contributed by atoms with Gasteiger partial charge in [0.25, 0.3) is 5.91 Å². The van der Waals surface area contributed by atoms with Crippen LogP contribution in [0.1, 0.15) is 34.5 Å². The zero-order valence-electron chi connectivity index (χ0n) is 15.5. The van der Waals surface area contributed by atoms with Gasteiger partial charge in [-0.3, -0.25) is 14.4 Å². The van der Waals surface area contributed by atoms with Crippen LogP contribution in [0, 0.1) is 12.3 Å². The van der Waals surface area contributed by atoms with E-state index in [1.54, 1.807) is 0 Å². The number of hydrogen-bond donors (Lipinski definition) is 1. The molecule has 4 rings (SSSR count). The summed E-state index contributed by atoms with van der Waals surface area (Å²) in [4.78, 5) is 43.0. The summed E-state index contributed by atoms with van der Waals surface area (Å²) in [7, 11) is 0. The zero-order chi connectivity index (χ0) is 19.0. The number of aryl methyl sites for hydroxylation is 1. The molecule has 0 radical (unpaired) electrons. The van der Waals surface area contributed by atoms with Gasteiger partial charge in [0, 0.05) is 38.6 Å². The molecule has 27 heavy (non-hydrogen) atoms. The second-order valence-corrected chi connectivity index (χ2v) is 8.55. The van der Waals surface area contributed by atoms with Crippen molar-refractivity contribution >= 4 is 29.1 Å². The lowest BCUT2D eigenvalue weighted by Crippen LogP contribution is -2.67. The molecule has 2 atom stereocenters. The van der Waals surface area contributed by atoms with Gasteiger partial charge in [-0.15, -0.1) is 11.3 Å². The van der Waals surface area contributed by atoms with Crippen LogP contribution >= 0.6 is 11.3 Å². The number of morpholine rings is 1. The van der Waals surface area contributed by atoms with E-state index in [2.05, 4.69) is 5.32 Å². The van der Waals surface area contributed by atoms with Crippen LogP contribution in [0.3, 0.4) is 0 Å². The molecule has 0 bridgehead atoms. The highest BCUT2D eigenvalue weighted by Gasteiger charge is 2.54. The fourth-order valence-electron chi connectivity index (χ4n) is 4.47. The van der Waals surface area contributed by atoms with Crippen molar-refractivity contribution < 1.29 is 19.1 Å². The summed E-state index contributed by atoms with van der Waals surface area (Å²) < 4.78 is 5.38. The first-order chi connectivity index (χ1) is 13.0. The molecule has 1 N–H and O–H groups in total. The van der Waals surface area contributed by atoms with Crippen LogP contribution in [-0.4, -0.2) is 73.0 Å². The molecule has 8 heteroatoms. The van der Waals surface area contributed by atoms with Crippen molar-refractivity contribution in [3.05, 3.63) is 21.9 Å². The van der Waals surface area contributed by atoms with Crippen molar-refractivity contribution in [3.8, 4) is 0 Å². The monoisotopic (exact) mass is 391 g/mol. The normalized spacial score (nSPS) is 28.5. The van der Waals surface area contributed by atoms with Gasteiger partial charge >= 0.3 is 0 Å². The SMILES string of the molecule is Cc1ccsc1C(=O)N1CC[C@H]2NC(=O)CC[C@]2(C(=O)N2CCOCC2)C1. The minimum Gasteiger partial charge on any atom is -0.378 e. The highest BCUT2D eigenvalue weighted by Crippen LogP contribution is 2.40. The standard InChI is InChI=1S/C19H25N3O4S/c1-13-4-11-27-16(13)17(24)22-6-3-14-19(12-22,5-2-15(23)20-14)18(25)21-7-9-26-10-8-21/h4,11,14H,2-3,5-10,12H2,1H3,(H,20,23)/t14-,19+/m1/s1. The average molecular weight is 391 g/mol. The molecule has 3 saturated heterocycles. The molecule has 146 valence electrons. The Balaban J connectivity index is 1.61. The number of nitrogens with one attached hydrogen (secondary N) is 1. The van der Waals surface area contributed by atoms with Crippen LogP contribution in [0.2, 0.25) is 0 Å². The summed E-state index contributed by atoms with van der Waals surface area (Å²) in [5, 5.41) is 4.95. The number of piperidine rings is 2. The third-order valence-electron chi connectivity index (χ3n) is 6.03. The second-order valence-electron chi connectivity index (χ2n) is 7.63. The van der Waals surface area contributed by atoms with E-state index in [1.165, 1.54) is 11.3 Å². The number of thiophene rings is 1. The van der Waals surface area contributed by atoms with Crippen molar-refractivity contribution in [2.45, 2.75) is 32.2 Å². The van der Waals surface area contributed by atoms with E-state index in [0.717, 1.165) is 10.4 Å². The minimum absolute atomic E-state index is 0.000666. The largest absolute Gasteiger partial charge is 0.378 e. The van der Waals surface area contributed by atoms with Gasteiger partial charge in [-0.1, -0.05) is 0 Å². The fourth-order valence-corrected chi connectivity index (χ4v) is 5.36. The molecule has 1 aromatic heterocycles. The molecule has 0 saturated carbocycles. The lowest BCUT2D eigenvalue weighted by Gasteiger charge is -2.51. The number of carbonyl (C=O) groups excluding carboxylic acids is 3. The molecule has 0 aromatic carbocycles. The molecule has 0 spiro atoms. The lowest BCUT2D eigenvalue weighted by atomic mass is 9.68. The molecule has 3 amide bonds. The molecule has 1 aromatic rings. The van der Waals surface area contributed by atoms with E-state index in [4.69, 9.17) is 4.74 Å². The Morgan fingerprint density at radius 1 is 1.26 bits per heavy atom. The Bertz CT molecular complexity index is 758. The summed E-state index contributed by atoms with van der Waals surface area (Å²) in [6.07, 6.45) is 1.43. The van der Waals surface area contributed by atoms with E-state index < -0.39 is 5.41 Å². The fraction of sp³-hybridized carbons (Fsp3) is 0.632. The van der Waals surface area contributed by atoms with Gasteiger partial charge in [-0.2, -0.15) is 0 Å². The van der Waals surface area contributed by atoms with E-state index >= 15 is 0 Å². The quantitative estimate of drug-likeness (QED) is 0.817. The van der Waals surface area contributed by atoms with Crippen molar-refractivity contribution in [3.63, 3.8) is 0 Å². The number of carbonyl (C=O) groups is 3. The van der Waals surface area contributed by atoms with E-state index in [0.29, 0.717) is 58.7 Å². The van der Waals surface area contributed by atoms with E-state index in [-0.39, 0.29) is 23.8 Å². The summed E-state index contributed by atoms with van der Waals surface area (Å²) in [5.74, 6) is 0.0440. The van der Waals surface area contributed by atoms with Crippen molar-refractivity contribution in [2.24, 2.45) is 5.41 Å². The summed E-state index contributed by atoms with van der Waals surface area (Å²) in [5.41, 5.74) is 0.238. The zero-order valence-corrected chi connectivity index (χ0v) is 16.3. The molecule has 7 nitrogen and oxygen atoms in total. The number of hydrogen-bond acceptors (Lipinski definition) is 5. The number of nitrogens with zero attached hydrogens (tertiary/aromatic N) is 2. The third kappa shape index (κ3) is 3.25. The van der Waals surface area contributed by atoms with E-state index in [1.807, 2.05) is 28.2 Å². The smallest absolute Gasteiger partial charge is 0.264 e. The summed E-state index contributed by atoms with van der Waals surface area (Å²) >= 11 is 1.44. The Labute approximate surface area is 162 Å². The Hall–Kier alpha value is -1.93. The maximum atomic E-state index is 13.5. The van der Waals surface area contributed by atoms with Crippen LogP contribution < -0.4 is 5.32 Å². The van der Waals surface area contributed by atoms with Crippen LogP contribution in [0.25, 0.3) is 0 Å². The Morgan fingerprint density at radius 3 is 2.74 bits per heavy atom. The lowest BCUT2D eigenvalue weighted by molar-refractivity contribution is -0.155. The van der Waals surface area contributed by atoms with Gasteiger partial charge in [0.05, 0.1) is 23.5 Å². The number of fused-ring (bicyclic) bond motifs is 1. The topological polar surface area (TPSA) is 79.0 Å². The van der Waals surface area contributed by atoms with Gasteiger partial charge in [-0.05, 0) is 36.8 Å². The first-order valence-electron chi connectivity index (χ1n) is 9.51. The molecular weight excluding hydrogens is 366 g/mol. The Morgan fingerprint density at radius 2 is 2.04 bits per heavy atom. The minimum atomic E-state index is -0.732. The van der Waals surface area contributed by atoms with Crippen LogP contribution in [0.5, 0.6) is 0 Å². The molecule has 4 heterocycles.